The van der Waals surface area contributed by atoms with Crippen molar-refractivity contribution in [1.82, 2.24) is 9.80 Å². The van der Waals surface area contributed by atoms with Gasteiger partial charge < -0.3 is 14.7 Å². The van der Waals surface area contributed by atoms with Gasteiger partial charge in [-0.25, -0.2) is 0 Å². The van der Waals surface area contributed by atoms with E-state index in [1.54, 1.807) is 0 Å². The van der Waals surface area contributed by atoms with Crippen LogP contribution in [0.1, 0.15) is 42.5 Å². The van der Waals surface area contributed by atoms with E-state index in [0.717, 1.165) is 56.7 Å². The molecule has 0 aromatic heterocycles. The SMILES string of the molecule is O=C(C[NH+]1CCN(C(=O)c2ccccc2)CC1)N1CC[C@@H]2CCCC[C@@H]2C1. The molecule has 2 amide bonds. The molecule has 1 aromatic rings. The van der Waals surface area contributed by atoms with Gasteiger partial charge in [-0.15, -0.1) is 0 Å². The molecule has 3 aliphatic rings. The number of nitrogens with one attached hydrogen (secondary N) is 1. The molecular weight excluding hydrogens is 338 g/mol. The second-order valence-electron chi connectivity index (χ2n) is 8.52. The minimum absolute atomic E-state index is 0.111. The molecule has 0 spiro atoms. The maximum Gasteiger partial charge on any atom is 0.277 e. The molecule has 3 fully saturated rings. The van der Waals surface area contributed by atoms with Crippen LogP contribution < -0.4 is 4.90 Å². The van der Waals surface area contributed by atoms with Crippen LogP contribution >= 0.6 is 0 Å². The summed E-state index contributed by atoms with van der Waals surface area (Å²) in [4.78, 5) is 30.7. The number of piperidine rings is 1. The van der Waals surface area contributed by atoms with Crippen LogP contribution in [-0.4, -0.2) is 67.4 Å². The van der Waals surface area contributed by atoms with E-state index in [1.807, 2.05) is 35.2 Å². The molecule has 1 aromatic carbocycles. The smallest absolute Gasteiger partial charge is 0.277 e. The van der Waals surface area contributed by atoms with Crippen LogP contribution in [-0.2, 0) is 4.79 Å². The fraction of sp³-hybridized carbons (Fsp3) is 0.636. The Morgan fingerprint density at radius 1 is 0.889 bits per heavy atom. The normalized spacial score (nSPS) is 26.5. The van der Waals surface area contributed by atoms with E-state index in [1.165, 1.54) is 37.0 Å². The molecule has 2 aliphatic heterocycles. The number of likely N-dealkylation sites (tertiary alicyclic amines) is 1. The standard InChI is InChI=1S/C22H31N3O2/c26-21(25-11-10-18-6-4-5-9-20(18)16-25)17-23-12-14-24(15-13-23)22(27)19-7-2-1-3-8-19/h1-3,7-8,18,20H,4-6,9-17H2/p+1/t18-,20+/m0/s1. The summed E-state index contributed by atoms with van der Waals surface area (Å²) in [5.41, 5.74) is 0.757. The summed E-state index contributed by atoms with van der Waals surface area (Å²) in [6.07, 6.45) is 6.60. The van der Waals surface area contributed by atoms with Crippen LogP contribution in [0.2, 0.25) is 0 Å². The zero-order valence-electron chi connectivity index (χ0n) is 16.2. The number of fused-ring (bicyclic) bond motifs is 1. The zero-order valence-corrected chi connectivity index (χ0v) is 16.2. The molecule has 0 bridgehead atoms. The van der Waals surface area contributed by atoms with Crippen molar-refractivity contribution < 1.29 is 14.5 Å². The molecule has 27 heavy (non-hydrogen) atoms. The summed E-state index contributed by atoms with van der Waals surface area (Å²) in [5.74, 6) is 2.03. The second kappa shape index (κ2) is 8.42. The van der Waals surface area contributed by atoms with E-state index in [4.69, 9.17) is 0 Å². The van der Waals surface area contributed by atoms with Gasteiger partial charge in [0.05, 0.1) is 26.2 Å². The molecule has 0 radical (unpaired) electrons. The molecule has 2 heterocycles. The minimum Gasteiger partial charge on any atom is -0.338 e. The van der Waals surface area contributed by atoms with Gasteiger partial charge >= 0.3 is 0 Å². The Morgan fingerprint density at radius 3 is 2.33 bits per heavy atom. The Hall–Kier alpha value is -1.88. The van der Waals surface area contributed by atoms with Gasteiger partial charge in [0.25, 0.3) is 11.8 Å². The highest BCUT2D eigenvalue weighted by Crippen LogP contribution is 2.35. The predicted octanol–water partition coefficient (Wildman–Crippen LogP) is 1.07. The fourth-order valence-corrected chi connectivity index (χ4v) is 5.12. The monoisotopic (exact) mass is 370 g/mol. The first-order valence-electron chi connectivity index (χ1n) is 10.7. The summed E-state index contributed by atoms with van der Waals surface area (Å²) in [7, 11) is 0. The molecule has 2 atom stereocenters. The van der Waals surface area contributed by atoms with E-state index in [2.05, 4.69) is 4.90 Å². The number of carbonyl (C=O) groups excluding carboxylic acids is 2. The average Bonchev–Trinajstić information content (AvgIpc) is 2.74. The molecule has 5 nitrogen and oxygen atoms in total. The lowest BCUT2D eigenvalue weighted by atomic mass is 9.75. The summed E-state index contributed by atoms with van der Waals surface area (Å²) >= 11 is 0. The third-order valence-corrected chi connectivity index (χ3v) is 6.82. The Kier molecular flexibility index (Phi) is 5.77. The van der Waals surface area contributed by atoms with E-state index in [9.17, 15) is 9.59 Å². The maximum atomic E-state index is 12.8. The lowest BCUT2D eigenvalue weighted by Gasteiger charge is -2.41. The first kappa shape index (κ1) is 18.5. The highest BCUT2D eigenvalue weighted by atomic mass is 16.2. The topological polar surface area (TPSA) is 45.1 Å². The number of amides is 2. The molecule has 4 rings (SSSR count). The number of piperazine rings is 1. The van der Waals surface area contributed by atoms with Crippen LogP contribution in [0.15, 0.2) is 30.3 Å². The molecular formula is C22H32N3O2+. The van der Waals surface area contributed by atoms with Gasteiger partial charge in [-0.3, -0.25) is 9.59 Å². The Balaban J connectivity index is 1.24. The molecule has 5 heteroatoms. The van der Waals surface area contributed by atoms with Crippen molar-refractivity contribution in [3.8, 4) is 0 Å². The second-order valence-corrected chi connectivity index (χ2v) is 8.52. The molecule has 1 saturated carbocycles. The van der Waals surface area contributed by atoms with Crippen molar-refractivity contribution >= 4 is 11.8 Å². The first-order valence-corrected chi connectivity index (χ1v) is 10.7. The molecule has 146 valence electrons. The van der Waals surface area contributed by atoms with Crippen molar-refractivity contribution in [1.29, 1.82) is 0 Å². The number of benzene rings is 1. The van der Waals surface area contributed by atoms with Crippen LogP contribution in [0.25, 0.3) is 0 Å². The summed E-state index contributed by atoms with van der Waals surface area (Å²) in [6, 6.07) is 9.49. The summed E-state index contributed by atoms with van der Waals surface area (Å²) in [6.45, 7) is 5.72. The van der Waals surface area contributed by atoms with Gasteiger partial charge in [-0.05, 0) is 36.8 Å². The number of carbonyl (C=O) groups is 2. The number of hydrogen-bond donors (Lipinski definition) is 1. The van der Waals surface area contributed by atoms with E-state index in [0.29, 0.717) is 12.5 Å². The van der Waals surface area contributed by atoms with Gasteiger partial charge in [0.1, 0.15) is 0 Å². The minimum atomic E-state index is 0.111. The Morgan fingerprint density at radius 2 is 1.59 bits per heavy atom. The van der Waals surface area contributed by atoms with Crippen molar-refractivity contribution in [2.75, 3.05) is 45.8 Å². The van der Waals surface area contributed by atoms with Gasteiger partial charge in [-0.1, -0.05) is 37.5 Å². The molecule has 0 unspecified atom stereocenters. The average molecular weight is 371 g/mol. The quantitative estimate of drug-likeness (QED) is 0.865. The third kappa shape index (κ3) is 4.34. The number of quaternary nitrogens is 1. The van der Waals surface area contributed by atoms with Crippen molar-refractivity contribution in [3.63, 3.8) is 0 Å². The first-order chi connectivity index (χ1) is 13.2. The van der Waals surface area contributed by atoms with E-state index < -0.39 is 0 Å². The van der Waals surface area contributed by atoms with Crippen LogP contribution in [0.5, 0.6) is 0 Å². The van der Waals surface area contributed by atoms with Crippen LogP contribution in [0.4, 0.5) is 0 Å². The molecule has 1 N–H and O–H groups in total. The lowest BCUT2D eigenvalue weighted by Crippen LogP contribution is -3.15. The summed E-state index contributed by atoms with van der Waals surface area (Å²) in [5, 5.41) is 0. The van der Waals surface area contributed by atoms with Crippen molar-refractivity contribution in [2.24, 2.45) is 11.8 Å². The van der Waals surface area contributed by atoms with Crippen molar-refractivity contribution in [3.05, 3.63) is 35.9 Å². The number of hydrogen-bond acceptors (Lipinski definition) is 2. The van der Waals surface area contributed by atoms with Gasteiger partial charge in [0.15, 0.2) is 6.54 Å². The Bertz CT molecular complexity index is 655. The largest absolute Gasteiger partial charge is 0.338 e. The Labute approximate surface area is 162 Å². The zero-order chi connectivity index (χ0) is 18.6. The lowest BCUT2D eigenvalue weighted by molar-refractivity contribution is -0.896. The van der Waals surface area contributed by atoms with Gasteiger partial charge in [-0.2, -0.15) is 0 Å². The van der Waals surface area contributed by atoms with Crippen LogP contribution in [0, 0.1) is 11.8 Å². The maximum absolute atomic E-state index is 12.8. The van der Waals surface area contributed by atoms with Crippen LogP contribution in [0.3, 0.4) is 0 Å². The molecule has 2 saturated heterocycles. The number of nitrogens with zero attached hydrogens (tertiary/aromatic N) is 2. The number of rotatable bonds is 3. The third-order valence-electron chi connectivity index (χ3n) is 6.82. The fourth-order valence-electron chi connectivity index (χ4n) is 5.12. The van der Waals surface area contributed by atoms with Gasteiger partial charge in [0.2, 0.25) is 0 Å². The predicted molar refractivity (Wildman–Crippen MR) is 105 cm³/mol. The van der Waals surface area contributed by atoms with E-state index in [-0.39, 0.29) is 5.91 Å². The van der Waals surface area contributed by atoms with Crippen molar-refractivity contribution in [2.45, 2.75) is 32.1 Å². The highest BCUT2D eigenvalue weighted by molar-refractivity contribution is 5.94. The van der Waals surface area contributed by atoms with E-state index >= 15 is 0 Å². The van der Waals surface area contributed by atoms with Gasteiger partial charge in [0, 0.05) is 18.7 Å². The molecule has 1 aliphatic carbocycles. The highest BCUT2D eigenvalue weighted by Gasteiger charge is 2.34. The summed E-state index contributed by atoms with van der Waals surface area (Å²) < 4.78 is 0.